The summed E-state index contributed by atoms with van der Waals surface area (Å²) in [6, 6.07) is 0. The third-order valence-corrected chi connectivity index (χ3v) is 2.47. The van der Waals surface area contributed by atoms with Crippen molar-refractivity contribution in [2.24, 2.45) is 17.6 Å². The lowest BCUT2D eigenvalue weighted by molar-refractivity contribution is -0.143. The van der Waals surface area contributed by atoms with Crippen LogP contribution < -0.4 is 5.73 Å². The van der Waals surface area contributed by atoms with Crippen molar-refractivity contribution in [3.63, 3.8) is 0 Å². The van der Waals surface area contributed by atoms with E-state index in [1.54, 1.807) is 0 Å². The first-order chi connectivity index (χ1) is 5.24. The van der Waals surface area contributed by atoms with Gasteiger partial charge in [-0.2, -0.15) is 0 Å². The highest BCUT2D eigenvalue weighted by atomic mass is 16.4. The van der Waals surface area contributed by atoms with Crippen molar-refractivity contribution >= 4 is 5.97 Å². The standard InChI is InChI=1S/C8H15NO2/c9-5-6-2-1-3-7(4-6)8(10)11/h6-7H,1-5,9H2,(H,10,11)/t6-,7?/m1/s1. The molecule has 0 amide bonds. The first-order valence-corrected chi connectivity index (χ1v) is 4.17. The van der Waals surface area contributed by atoms with Crippen molar-refractivity contribution in [2.75, 3.05) is 6.54 Å². The van der Waals surface area contributed by atoms with Crippen LogP contribution in [0.1, 0.15) is 25.7 Å². The molecular formula is C8H15NO2. The fourth-order valence-corrected chi connectivity index (χ4v) is 1.73. The van der Waals surface area contributed by atoms with Crippen LogP contribution in [-0.2, 0) is 4.79 Å². The maximum absolute atomic E-state index is 10.6. The normalized spacial score (nSPS) is 31.7. The minimum absolute atomic E-state index is 0.128. The van der Waals surface area contributed by atoms with Gasteiger partial charge in [0, 0.05) is 0 Å². The molecule has 2 atom stereocenters. The quantitative estimate of drug-likeness (QED) is 0.624. The maximum Gasteiger partial charge on any atom is 0.306 e. The molecule has 1 fully saturated rings. The van der Waals surface area contributed by atoms with Crippen LogP contribution in [0, 0.1) is 11.8 Å². The Labute approximate surface area is 66.6 Å². The van der Waals surface area contributed by atoms with Crippen LogP contribution in [-0.4, -0.2) is 17.6 Å². The molecule has 0 aromatic carbocycles. The van der Waals surface area contributed by atoms with Crippen LogP contribution in [0.4, 0.5) is 0 Å². The van der Waals surface area contributed by atoms with Crippen LogP contribution >= 0.6 is 0 Å². The minimum Gasteiger partial charge on any atom is -0.481 e. The Kier molecular flexibility index (Phi) is 2.88. The van der Waals surface area contributed by atoms with E-state index in [4.69, 9.17) is 10.8 Å². The van der Waals surface area contributed by atoms with E-state index in [1.807, 2.05) is 0 Å². The van der Waals surface area contributed by atoms with E-state index >= 15 is 0 Å². The molecule has 64 valence electrons. The van der Waals surface area contributed by atoms with E-state index in [1.165, 1.54) is 0 Å². The molecule has 0 aliphatic heterocycles. The summed E-state index contributed by atoms with van der Waals surface area (Å²) in [5, 5.41) is 8.71. The number of carboxylic acid groups (broad SMARTS) is 1. The lowest BCUT2D eigenvalue weighted by atomic mass is 9.81. The molecular weight excluding hydrogens is 142 g/mol. The predicted molar refractivity (Wildman–Crippen MR) is 42.1 cm³/mol. The zero-order chi connectivity index (χ0) is 8.27. The highest BCUT2D eigenvalue weighted by molar-refractivity contribution is 5.70. The summed E-state index contributed by atoms with van der Waals surface area (Å²) in [7, 11) is 0. The van der Waals surface area contributed by atoms with Gasteiger partial charge in [-0.05, 0) is 31.7 Å². The van der Waals surface area contributed by atoms with Crippen LogP contribution in [0.5, 0.6) is 0 Å². The van der Waals surface area contributed by atoms with E-state index in [9.17, 15) is 4.79 Å². The monoisotopic (exact) mass is 157 g/mol. The average Bonchev–Trinajstić information content (AvgIpc) is 2.05. The molecule has 0 radical (unpaired) electrons. The minimum atomic E-state index is -0.650. The van der Waals surface area contributed by atoms with Crippen LogP contribution in [0.2, 0.25) is 0 Å². The third kappa shape index (κ3) is 2.19. The van der Waals surface area contributed by atoms with Gasteiger partial charge in [0.15, 0.2) is 0 Å². The number of carboxylic acids is 1. The first kappa shape index (κ1) is 8.53. The molecule has 0 spiro atoms. The van der Waals surface area contributed by atoms with Gasteiger partial charge in [-0.25, -0.2) is 0 Å². The summed E-state index contributed by atoms with van der Waals surface area (Å²) >= 11 is 0. The number of carbonyl (C=O) groups is 1. The molecule has 11 heavy (non-hydrogen) atoms. The Hall–Kier alpha value is -0.570. The van der Waals surface area contributed by atoms with Gasteiger partial charge in [-0.15, -0.1) is 0 Å². The summed E-state index contributed by atoms with van der Waals surface area (Å²) in [6.45, 7) is 0.643. The van der Waals surface area contributed by atoms with E-state index in [-0.39, 0.29) is 5.92 Å². The van der Waals surface area contributed by atoms with Gasteiger partial charge in [0.05, 0.1) is 5.92 Å². The second-order valence-electron chi connectivity index (χ2n) is 3.30. The molecule has 0 bridgehead atoms. The third-order valence-electron chi connectivity index (χ3n) is 2.47. The molecule has 3 heteroatoms. The summed E-state index contributed by atoms with van der Waals surface area (Å²) in [4.78, 5) is 10.6. The zero-order valence-electron chi connectivity index (χ0n) is 6.62. The van der Waals surface area contributed by atoms with Gasteiger partial charge in [0.1, 0.15) is 0 Å². The van der Waals surface area contributed by atoms with Gasteiger partial charge in [-0.1, -0.05) is 6.42 Å². The highest BCUT2D eigenvalue weighted by Gasteiger charge is 2.25. The van der Waals surface area contributed by atoms with Gasteiger partial charge in [-0.3, -0.25) is 4.79 Å². The molecule has 1 aliphatic rings. The van der Waals surface area contributed by atoms with Crippen molar-refractivity contribution in [1.29, 1.82) is 0 Å². The lowest BCUT2D eigenvalue weighted by Crippen LogP contribution is -2.26. The smallest absolute Gasteiger partial charge is 0.306 e. The maximum atomic E-state index is 10.6. The molecule has 1 unspecified atom stereocenters. The second kappa shape index (κ2) is 3.72. The predicted octanol–water partition coefficient (Wildman–Crippen LogP) is 0.836. The number of nitrogens with two attached hydrogens (primary N) is 1. The number of rotatable bonds is 2. The molecule has 3 N–H and O–H groups in total. The molecule has 0 heterocycles. The SMILES string of the molecule is NC[C@@H]1CCCC(C(=O)O)C1. The van der Waals surface area contributed by atoms with E-state index < -0.39 is 5.97 Å². The Morgan fingerprint density at radius 3 is 2.82 bits per heavy atom. The highest BCUT2D eigenvalue weighted by Crippen LogP contribution is 2.28. The summed E-state index contributed by atoms with van der Waals surface area (Å²) < 4.78 is 0. The first-order valence-electron chi connectivity index (χ1n) is 4.17. The van der Waals surface area contributed by atoms with E-state index in [0.29, 0.717) is 12.5 Å². The van der Waals surface area contributed by atoms with Gasteiger partial charge >= 0.3 is 5.97 Å². The van der Waals surface area contributed by atoms with Gasteiger partial charge in [0.25, 0.3) is 0 Å². The van der Waals surface area contributed by atoms with Crippen LogP contribution in [0.3, 0.4) is 0 Å². The molecule has 0 saturated heterocycles. The van der Waals surface area contributed by atoms with E-state index in [2.05, 4.69) is 0 Å². The van der Waals surface area contributed by atoms with Crippen molar-refractivity contribution in [3.8, 4) is 0 Å². The fraction of sp³-hybridized carbons (Fsp3) is 0.875. The van der Waals surface area contributed by atoms with E-state index in [0.717, 1.165) is 25.7 Å². The van der Waals surface area contributed by atoms with Crippen molar-refractivity contribution in [2.45, 2.75) is 25.7 Å². The number of aliphatic carboxylic acids is 1. The zero-order valence-corrected chi connectivity index (χ0v) is 6.62. The molecule has 1 aliphatic carbocycles. The van der Waals surface area contributed by atoms with Crippen LogP contribution in [0.15, 0.2) is 0 Å². The molecule has 0 aromatic rings. The summed E-state index contributed by atoms with van der Waals surface area (Å²) in [5.74, 6) is -0.328. The topological polar surface area (TPSA) is 63.3 Å². The Morgan fingerprint density at radius 1 is 1.55 bits per heavy atom. The fourth-order valence-electron chi connectivity index (χ4n) is 1.73. The van der Waals surface area contributed by atoms with Gasteiger partial charge in [0.2, 0.25) is 0 Å². The summed E-state index contributed by atoms with van der Waals surface area (Å²) in [6.07, 6.45) is 3.76. The molecule has 3 nitrogen and oxygen atoms in total. The van der Waals surface area contributed by atoms with Crippen LogP contribution in [0.25, 0.3) is 0 Å². The molecule has 0 aromatic heterocycles. The van der Waals surface area contributed by atoms with Crippen molar-refractivity contribution in [1.82, 2.24) is 0 Å². The largest absolute Gasteiger partial charge is 0.481 e. The number of hydrogen-bond donors (Lipinski definition) is 2. The Balaban J connectivity index is 2.39. The summed E-state index contributed by atoms with van der Waals surface area (Å²) in [5.41, 5.74) is 5.47. The average molecular weight is 157 g/mol. The van der Waals surface area contributed by atoms with Crippen molar-refractivity contribution < 1.29 is 9.90 Å². The second-order valence-corrected chi connectivity index (χ2v) is 3.30. The Morgan fingerprint density at radius 2 is 2.27 bits per heavy atom. The number of hydrogen-bond acceptors (Lipinski definition) is 2. The van der Waals surface area contributed by atoms with Gasteiger partial charge < -0.3 is 10.8 Å². The van der Waals surface area contributed by atoms with Crippen molar-refractivity contribution in [3.05, 3.63) is 0 Å². The molecule has 1 rings (SSSR count). The molecule has 1 saturated carbocycles. The Bertz CT molecular complexity index is 147. The lowest BCUT2D eigenvalue weighted by Gasteiger charge is -2.25.